The lowest BCUT2D eigenvalue weighted by Gasteiger charge is -2.14. The van der Waals surface area contributed by atoms with Crippen molar-refractivity contribution < 1.29 is 0 Å². The fraction of sp³-hybridized carbons (Fsp3) is 0.267. The highest BCUT2D eigenvalue weighted by Crippen LogP contribution is 2.29. The molecule has 0 unspecified atom stereocenters. The molecule has 112 valence electrons. The maximum absolute atomic E-state index is 5.94. The monoisotopic (exact) mass is 356 g/mol. The summed E-state index contributed by atoms with van der Waals surface area (Å²) in [5.41, 5.74) is 7.85. The lowest BCUT2D eigenvalue weighted by atomic mass is 10.1. The molecule has 0 radical (unpaired) electrons. The summed E-state index contributed by atoms with van der Waals surface area (Å²) < 4.78 is 0.829. The first-order valence-electron chi connectivity index (χ1n) is 6.65. The van der Waals surface area contributed by atoms with Gasteiger partial charge in [-0.2, -0.15) is 0 Å². The van der Waals surface area contributed by atoms with E-state index in [1.165, 1.54) is 4.88 Å². The van der Waals surface area contributed by atoms with E-state index in [0.29, 0.717) is 4.99 Å². The van der Waals surface area contributed by atoms with Crippen molar-refractivity contribution >= 4 is 57.6 Å². The Morgan fingerprint density at radius 1 is 1.38 bits per heavy atom. The molecule has 0 aliphatic heterocycles. The van der Waals surface area contributed by atoms with Gasteiger partial charge in [0.25, 0.3) is 0 Å². The zero-order chi connectivity index (χ0) is 15.2. The van der Waals surface area contributed by atoms with Crippen molar-refractivity contribution in [1.82, 2.24) is 0 Å². The molecule has 21 heavy (non-hydrogen) atoms. The minimum absolute atomic E-state index is 0.438. The maximum atomic E-state index is 5.94. The minimum atomic E-state index is 0.438. The van der Waals surface area contributed by atoms with Gasteiger partial charge in [-0.05, 0) is 36.4 Å². The summed E-state index contributed by atoms with van der Waals surface area (Å²) in [6.07, 6.45) is 0.930. The second-order valence-corrected chi connectivity index (χ2v) is 7.90. The standard InChI is InChI=1S/C15H17ClN2S3/c1-2-20-12-5-3-4-11(14(12)15(17)19)18-9-8-10-6-7-13(16)21-10/h3-7,18H,2,8-9H2,1H3,(H2,17,19). The molecule has 1 aromatic carbocycles. The maximum Gasteiger partial charge on any atom is 0.107 e. The van der Waals surface area contributed by atoms with E-state index in [9.17, 15) is 0 Å². The second kappa shape index (κ2) is 8.03. The molecule has 0 aliphatic carbocycles. The van der Waals surface area contributed by atoms with E-state index in [-0.39, 0.29) is 0 Å². The van der Waals surface area contributed by atoms with Crippen LogP contribution in [-0.4, -0.2) is 17.3 Å². The molecule has 1 aromatic heterocycles. The second-order valence-electron chi connectivity index (χ2n) is 4.36. The Labute approximate surface area is 144 Å². The van der Waals surface area contributed by atoms with Crippen molar-refractivity contribution in [3.05, 3.63) is 45.1 Å². The average molecular weight is 357 g/mol. The van der Waals surface area contributed by atoms with Gasteiger partial charge < -0.3 is 11.1 Å². The molecule has 2 nitrogen and oxygen atoms in total. The molecule has 2 rings (SSSR count). The summed E-state index contributed by atoms with van der Waals surface area (Å²) in [4.78, 5) is 2.84. The fourth-order valence-corrected chi connectivity index (χ4v) is 4.24. The van der Waals surface area contributed by atoms with Gasteiger partial charge in [-0.1, -0.05) is 36.8 Å². The highest BCUT2D eigenvalue weighted by atomic mass is 35.5. The number of hydrogen-bond donors (Lipinski definition) is 2. The van der Waals surface area contributed by atoms with Gasteiger partial charge in [0.2, 0.25) is 0 Å². The molecular formula is C15H17ClN2S3. The van der Waals surface area contributed by atoms with Gasteiger partial charge in [-0.3, -0.25) is 0 Å². The van der Waals surface area contributed by atoms with Crippen LogP contribution in [0.1, 0.15) is 17.4 Å². The Hall–Kier alpha value is -0.750. The molecular weight excluding hydrogens is 340 g/mol. The number of rotatable bonds is 7. The number of hydrogen-bond acceptors (Lipinski definition) is 4. The van der Waals surface area contributed by atoms with E-state index in [0.717, 1.165) is 39.2 Å². The predicted octanol–water partition coefficient (Wildman–Crippen LogP) is 4.80. The molecule has 0 bridgehead atoms. The van der Waals surface area contributed by atoms with Crippen LogP contribution >= 0.6 is 46.9 Å². The normalized spacial score (nSPS) is 10.6. The molecule has 0 aliphatic rings. The van der Waals surface area contributed by atoms with Crippen LogP contribution in [0.2, 0.25) is 4.34 Å². The van der Waals surface area contributed by atoms with Crippen LogP contribution in [0, 0.1) is 0 Å². The summed E-state index contributed by atoms with van der Waals surface area (Å²) in [6, 6.07) is 10.1. The number of anilines is 1. The average Bonchev–Trinajstić information content (AvgIpc) is 2.85. The third-order valence-electron chi connectivity index (χ3n) is 2.89. The van der Waals surface area contributed by atoms with Gasteiger partial charge in [-0.25, -0.2) is 0 Å². The van der Waals surface area contributed by atoms with E-state index < -0.39 is 0 Å². The SMILES string of the molecule is CCSc1cccc(NCCc2ccc(Cl)s2)c1C(N)=S. The zero-order valence-electron chi connectivity index (χ0n) is 11.7. The first-order valence-corrected chi connectivity index (χ1v) is 9.24. The summed E-state index contributed by atoms with van der Waals surface area (Å²) in [5.74, 6) is 0.993. The minimum Gasteiger partial charge on any atom is -0.389 e. The lowest BCUT2D eigenvalue weighted by Crippen LogP contribution is -2.15. The van der Waals surface area contributed by atoms with Gasteiger partial charge in [0.15, 0.2) is 0 Å². The van der Waals surface area contributed by atoms with Crippen LogP contribution in [0.15, 0.2) is 35.2 Å². The molecule has 0 saturated heterocycles. The first-order chi connectivity index (χ1) is 10.1. The van der Waals surface area contributed by atoms with Crippen molar-refractivity contribution in [3.63, 3.8) is 0 Å². The number of thioether (sulfide) groups is 1. The lowest BCUT2D eigenvalue weighted by molar-refractivity contribution is 1.04. The third kappa shape index (κ3) is 4.61. The van der Waals surface area contributed by atoms with Crippen LogP contribution < -0.4 is 11.1 Å². The van der Waals surface area contributed by atoms with Crippen LogP contribution in [0.4, 0.5) is 5.69 Å². The highest BCUT2D eigenvalue weighted by molar-refractivity contribution is 7.99. The molecule has 6 heteroatoms. The van der Waals surface area contributed by atoms with E-state index >= 15 is 0 Å². The number of thiocarbonyl (C=S) groups is 1. The summed E-state index contributed by atoms with van der Waals surface area (Å²) in [7, 11) is 0. The van der Waals surface area contributed by atoms with Crippen molar-refractivity contribution in [3.8, 4) is 0 Å². The van der Waals surface area contributed by atoms with Gasteiger partial charge in [0.05, 0.1) is 4.34 Å². The molecule has 2 aromatic rings. The van der Waals surface area contributed by atoms with Gasteiger partial charge in [-0.15, -0.1) is 23.1 Å². The van der Waals surface area contributed by atoms with Crippen molar-refractivity contribution in [2.75, 3.05) is 17.6 Å². The summed E-state index contributed by atoms with van der Waals surface area (Å²) in [6.45, 7) is 2.95. The van der Waals surface area contributed by atoms with E-state index in [2.05, 4.69) is 24.4 Å². The number of benzene rings is 1. The zero-order valence-corrected chi connectivity index (χ0v) is 14.9. The first kappa shape index (κ1) is 16.6. The summed E-state index contributed by atoms with van der Waals surface area (Å²) >= 11 is 14.5. The molecule has 0 atom stereocenters. The Balaban J connectivity index is 2.08. The van der Waals surface area contributed by atoms with Gasteiger partial charge in [0.1, 0.15) is 4.99 Å². The fourth-order valence-electron chi connectivity index (χ4n) is 2.01. The number of thiophene rings is 1. The van der Waals surface area contributed by atoms with Crippen molar-refractivity contribution in [2.45, 2.75) is 18.2 Å². The van der Waals surface area contributed by atoms with Crippen LogP contribution in [0.5, 0.6) is 0 Å². The van der Waals surface area contributed by atoms with E-state index in [1.54, 1.807) is 23.1 Å². The quantitative estimate of drug-likeness (QED) is 0.552. The third-order valence-corrected chi connectivity index (χ3v) is 5.32. The summed E-state index contributed by atoms with van der Waals surface area (Å²) in [5, 5.41) is 3.43. The molecule has 0 fully saturated rings. The largest absolute Gasteiger partial charge is 0.389 e. The number of nitrogens with two attached hydrogens (primary N) is 1. The van der Waals surface area contributed by atoms with Gasteiger partial charge in [0, 0.05) is 27.6 Å². The van der Waals surface area contributed by atoms with Crippen molar-refractivity contribution in [2.24, 2.45) is 5.73 Å². The molecule has 0 spiro atoms. The topological polar surface area (TPSA) is 38.0 Å². The number of halogens is 1. The predicted molar refractivity (Wildman–Crippen MR) is 100 cm³/mol. The smallest absolute Gasteiger partial charge is 0.107 e. The Bertz CT molecular complexity index is 625. The van der Waals surface area contributed by atoms with Crippen LogP contribution in [0.25, 0.3) is 0 Å². The van der Waals surface area contributed by atoms with Gasteiger partial charge >= 0.3 is 0 Å². The molecule has 0 amide bonds. The van der Waals surface area contributed by atoms with E-state index in [4.69, 9.17) is 29.6 Å². The Morgan fingerprint density at radius 3 is 2.81 bits per heavy atom. The Morgan fingerprint density at radius 2 is 2.19 bits per heavy atom. The molecule has 0 saturated carbocycles. The number of nitrogens with one attached hydrogen (secondary N) is 1. The van der Waals surface area contributed by atoms with E-state index in [1.807, 2.05) is 18.2 Å². The highest BCUT2D eigenvalue weighted by Gasteiger charge is 2.11. The van der Waals surface area contributed by atoms with Crippen LogP contribution in [-0.2, 0) is 6.42 Å². The molecule has 3 N–H and O–H groups in total. The van der Waals surface area contributed by atoms with Crippen LogP contribution in [0.3, 0.4) is 0 Å². The Kier molecular flexibility index (Phi) is 6.36. The molecule has 1 heterocycles. The van der Waals surface area contributed by atoms with Crippen molar-refractivity contribution in [1.29, 1.82) is 0 Å².